The molecule has 0 aromatic heterocycles. The van der Waals surface area contributed by atoms with Gasteiger partial charge in [0.25, 0.3) is 5.91 Å². The topological polar surface area (TPSA) is 50.8 Å². The maximum absolute atomic E-state index is 11.9. The summed E-state index contributed by atoms with van der Waals surface area (Å²) in [6, 6.07) is 17.6. The van der Waals surface area contributed by atoms with E-state index in [0.29, 0.717) is 13.2 Å². The van der Waals surface area contributed by atoms with Crippen molar-refractivity contribution in [2.75, 3.05) is 31.6 Å². The van der Waals surface area contributed by atoms with Gasteiger partial charge in [-0.25, -0.2) is 0 Å². The number of carbonyl (C=O) groups is 1. The molecule has 2 aromatic rings. The van der Waals surface area contributed by atoms with E-state index in [1.54, 1.807) is 7.05 Å². The zero-order valence-corrected chi connectivity index (χ0v) is 13.8. The number of nitrogens with zero attached hydrogens (tertiary/aromatic N) is 1. The van der Waals surface area contributed by atoms with Gasteiger partial charge in [-0.05, 0) is 30.7 Å². The Bertz CT molecular complexity index is 675. The molecule has 0 saturated heterocycles. The average molecular weight is 326 g/mol. The molecule has 0 aliphatic carbocycles. The van der Waals surface area contributed by atoms with Gasteiger partial charge in [0.2, 0.25) is 0 Å². The van der Waals surface area contributed by atoms with Crippen LogP contribution in [0.15, 0.2) is 54.6 Å². The summed E-state index contributed by atoms with van der Waals surface area (Å²) >= 11 is 0. The first-order valence-corrected chi connectivity index (χ1v) is 8.18. The Morgan fingerprint density at radius 1 is 1.21 bits per heavy atom. The molecule has 3 rings (SSSR count). The van der Waals surface area contributed by atoms with Crippen LogP contribution >= 0.6 is 0 Å². The quantitative estimate of drug-likeness (QED) is 0.829. The SMILES string of the molecule is CNC(=O)[C@H]1CN(CCCOc2ccccc2)c2ccccc2O1. The fourth-order valence-corrected chi connectivity index (χ4v) is 2.78. The number of amides is 1. The molecule has 1 atom stereocenters. The number of carbonyl (C=O) groups excluding carboxylic acids is 1. The molecule has 0 fully saturated rings. The van der Waals surface area contributed by atoms with Crippen LogP contribution in [0.2, 0.25) is 0 Å². The Morgan fingerprint density at radius 2 is 1.96 bits per heavy atom. The predicted octanol–water partition coefficient (Wildman–Crippen LogP) is 2.47. The number of anilines is 1. The second-order valence-electron chi connectivity index (χ2n) is 5.65. The van der Waals surface area contributed by atoms with Gasteiger partial charge in [-0.3, -0.25) is 4.79 Å². The third kappa shape index (κ3) is 3.79. The Balaban J connectivity index is 1.60. The normalized spacial score (nSPS) is 16.0. The van der Waals surface area contributed by atoms with Crippen LogP contribution in [0.25, 0.3) is 0 Å². The Hall–Kier alpha value is -2.69. The van der Waals surface area contributed by atoms with Gasteiger partial charge in [-0.2, -0.15) is 0 Å². The summed E-state index contributed by atoms with van der Waals surface area (Å²) < 4.78 is 11.5. The van der Waals surface area contributed by atoms with Crippen molar-refractivity contribution < 1.29 is 14.3 Å². The highest BCUT2D eigenvalue weighted by molar-refractivity contribution is 5.83. The Labute approximate surface area is 142 Å². The monoisotopic (exact) mass is 326 g/mol. The molecule has 1 aliphatic heterocycles. The van der Waals surface area contributed by atoms with E-state index in [4.69, 9.17) is 9.47 Å². The molecule has 1 N–H and O–H groups in total. The standard InChI is InChI=1S/C19H22N2O3/c1-20-19(22)18-14-21(16-10-5-6-11-17(16)24-18)12-7-13-23-15-8-3-2-4-9-15/h2-6,8-11,18H,7,12-14H2,1H3,(H,20,22)/t18-/m1/s1. The number of hydrogen-bond donors (Lipinski definition) is 1. The lowest BCUT2D eigenvalue weighted by Gasteiger charge is -2.35. The van der Waals surface area contributed by atoms with Gasteiger partial charge >= 0.3 is 0 Å². The van der Waals surface area contributed by atoms with Crippen LogP contribution < -0.4 is 19.7 Å². The molecule has 0 unspecified atom stereocenters. The number of fused-ring (bicyclic) bond motifs is 1. The zero-order chi connectivity index (χ0) is 16.8. The van der Waals surface area contributed by atoms with Crippen LogP contribution in [0.5, 0.6) is 11.5 Å². The van der Waals surface area contributed by atoms with Gasteiger partial charge in [0.15, 0.2) is 6.10 Å². The lowest BCUT2D eigenvalue weighted by atomic mass is 10.1. The maximum Gasteiger partial charge on any atom is 0.262 e. The fraction of sp³-hybridized carbons (Fsp3) is 0.316. The third-order valence-electron chi connectivity index (χ3n) is 3.98. The van der Waals surface area contributed by atoms with E-state index in [-0.39, 0.29) is 5.91 Å². The highest BCUT2D eigenvalue weighted by Gasteiger charge is 2.29. The number of likely N-dealkylation sites (N-methyl/N-ethyl adjacent to an activating group) is 1. The molecule has 0 radical (unpaired) electrons. The predicted molar refractivity (Wildman–Crippen MR) is 93.7 cm³/mol. The van der Waals surface area contributed by atoms with Crippen LogP contribution in [0.3, 0.4) is 0 Å². The summed E-state index contributed by atoms with van der Waals surface area (Å²) in [7, 11) is 1.63. The molecular formula is C19H22N2O3. The maximum atomic E-state index is 11.9. The van der Waals surface area contributed by atoms with E-state index in [1.165, 1.54) is 0 Å². The first-order chi connectivity index (χ1) is 11.8. The summed E-state index contributed by atoms with van der Waals surface area (Å²) in [5.41, 5.74) is 1.03. The Morgan fingerprint density at radius 3 is 2.75 bits per heavy atom. The van der Waals surface area contributed by atoms with Crippen LogP contribution in [-0.2, 0) is 4.79 Å². The number of nitrogens with one attached hydrogen (secondary N) is 1. The second kappa shape index (κ2) is 7.73. The smallest absolute Gasteiger partial charge is 0.262 e. The molecule has 0 spiro atoms. The van der Waals surface area contributed by atoms with Gasteiger partial charge in [-0.15, -0.1) is 0 Å². The van der Waals surface area contributed by atoms with Crippen molar-refractivity contribution in [3.63, 3.8) is 0 Å². The summed E-state index contributed by atoms with van der Waals surface area (Å²) in [5.74, 6) is 1.53. The first kappa shape index (κ1) is 16.2. The van der Waals surface area contributed by atoms with Crippen molar-refractivity contribution in [3.05, 3.63) is 54.6 Å². The van der Waals surface area contributed by atoms with Gasteiger partial charge in [0.05, 0.1) is 18.8 Å². The van der Waals surface area contributed by atoms with Gasteiger partial charge < -0.3 is 19.7 Å². The second-order valence-corrected chi connectivity index (χ2v) is 5.65. The summed E-state index contributed by atoms with van der Waals surface area (Å²) in [5, 5.41) is 2.66. The minimum absolute atomic E-state index is 0.102. The number of rotatable bonds is 6. The minimum Gasteiger partial charge on any atom is -0.494 e. The van der Waals surface area contributed by atoms with Crippen molar-refractivity contribution in [2.24, 2.45) is 0 Å². The lowest BCUT2D eigenvalue weighted by Crippen LogP contribution is -2.48. The number of ether oxygens (including phenoxy) is 2. The highest BCUT2D eigenvalue weighted by atomic mass is 16.5. The van der Waals surface area contributed by atoms with Gasteiger partial charge in [0, 0.05) is 13.6 Å². The molecule has 0 saturated carbocycles. The highest BCUT2D eigenvalue weighted by Crippen LogP contribution is 2.33. The molecule has 2 aromatic carbocycles. The van der Waals surface area contributed by atoms with Crippen molar-refractivity contribution in [3.8, 4) is 11.5 Å². The molecule has 1 amide bonds. The minimum atomic E-state index is -0.486. The molecule has 5 heteroatoms. The van der Waals surface area contributed by atoms with E-state index in [9.17, 15) is 4.79 Å². The average Bonchev–Trinajstić information content (AvgIpc) is 2.65. The molecular weight excluding hydrogens is 304 g/mol. The van der Waals surface area contributed by atoms with Crippen LogP contribution in [-0.4, -0.2) is 38.8 Å². The number of para-hydroxylation sites is 3. The third-order valence-corrected chi connectivity index (χ3v) is 3.98. The fourth-order valence-electron chi connectivity index (χ4n) is 2.78. The molecule has 24 heavy (non-hydrogen) atoms. The van der Waals surface area contributed by atoms with Crippen LogP contribution in [0.1, 0.15) is 6.42 Å². The first-order valence-electron chi connectivity index (χ1n) is 8.18. The molecule has 1 heterocycles. The molecule has 1 aliphatic rings. The summed E-state index contributed by atoms with van der Waals surface area (Å²) in [4.78, 5) is 14.1. The van der Waals surface area contributed by atoms with Crippen LogP contribution in [0, 0.1) is 0 Å². The van der Waals surface area contributed by atoms with E-state index >= 15 is 0 Å². The Kier molecular flexibility index (Phi) is 5.21. The van der Waals surface area contributed by atoms with E-state index < -0.39 is 6.10 Å². The number of hydrogen-bond acceptors (Lipinski definition) is 4. The van der Waals surface area contributed by atoms with Crippen molar-refractivity contribution >= 4 is 11.6 Å². The molecule has 5 nitrogen and oxygen atoms in total. The summed E-state index contributed by atoms with van der Waals surface area (Å²) in [6.45, 7) is 1.98. The van der Waals surface area contributed by atoms with E-state index in [1.807, 2.05) is 54.6 Å². The lowest BCUT2D eigenvalue weighted by molar-refractivity contribution is -0.127. The van der Waals surface area contributed by atoms with Gasteiger partial charge in [0.1, 0.15) is 11.5 Å². The van der Waals surface area contributed by atoms with Crippen molar-refractivity contribution in [1.29, 1.82) is 0 Å². The number of benzene rings is 2. The largest absolute Gasteiger partial charge is 0.494 e. The molecule has 126 valence electrons. The summed E-state index contributed by atoms with van der Waals surface area (Å²) in [6.07, 6.45) is 0.379. The van der Waals surface area contributed by atoms with Crippen molar-refractivity contribution in [2.45, 2.75) is 12.5 Å². The zero-order valence-electron chi connectivity index (χ0n) is 13.8. The van der Waals surface area contributed by atoms with E-state index in [0.717, 1.165) is 30.2 Å². The van der Waals surface area contributed by atoms with Gasteiger partial charge in [-0.1, -0.05) is 30.3 Å². The molecule has 0 bridgehead atoms. The van der Waals surface area contributed by atoms with E-state index in [2.05, 4.69) is 10.2 Å². The van der Waals surface area contributed by atoms with Crippen molar-refractivity contribution in [1.82, 2.24) is 5.32 Å². The van der Waals surface area contributed by atoms with Crippen LogP contribution in [0.4, 0.5) is 5.69 Å².